The Labute approximate surface area is 266 Å². The summed E-state index contributed by atoms with van der Waals surface area (Å²) in [6, 6.07) is 7.48. The first-order valence-electron chi connectivity index (χ1n) is 14.7. The second-order valence-electron chi connectivity index (χ2n) is 11.1. The minimum Gasteiger partial charge on any atom is -0.486 e. The van der Waals surface area contributed by atoms with Crippen molar-refractivity contribution in [1.29, 1.82) is 0 Å². The molecule has 0 bridgehead atoms. The van der Waals surface area contributed by atoms with Gasteiger partial charge in [-0.25, -0.2) is 14.5 Å². The molecule has 1 unspecified atom stereocenters. The zero-order valence-electron chi connectivity index (χ0n) is 24.9. The molecule has 232 valence electrons. The number of fused-ring (bicyclic) bond motifs is 1. The highest BCUT2D eigenvalue weighted by atomic mass is 35.5. The van der Waals surface area contributed by atoms with Crippen LogP contribution in [0.5, 0.6) is 11.6 Å². The van der Waals surface area contributed by atoms with Gasteiger partial charge in [-0.1, -0.05) is 23.2 Å². The van der Waals surface area contributed by atoms with E-state index < -0.39 is 6.10 Å². The molecule has 2 amide bonds. The molecule has 6 rings (SSSR count). The molecular weight excluding hydrogens is 605 g/mol. The second kappa shape index (κ2) is 13.2. The summed E-state index contributed by atoms with van der Waals surface area (Å²) >= 11 is 12.8. The molecule has 0 saturated carbocycles. The van der Waals surface area contributed by atoms with Gasteiger partial charge in [0.25, 0.3) is 0 Å². The Morgan fingerprint density at radius 2 is 1.86 bits per heavy atom. The number of halogens is 2. The lowest BCUT2D eigenvalue weighted by molar-refractivity contribution is -0.0365. The van der Waals surface area contributed by atoms with E-state index in [1.807, 2.05) is 42.9 Å². The van der Waals surface area contributed by atoms with Crippen molar-refractivity contribution >= 4 is 45.8 Å². The van der Waals surface area contributed by atoms with Gasteiger partial charge in [-0.3, -0.25) is 4.98 Å². The third-order valence-electron chi connectivity index (χ3n) is 8.07. The van der Waals surface area contributed by atoms with Gasteiger partial charge in [-0.15, -0.1) is 0 Å². The van der Waals surface area contributed by atoms with Gasteiger partial charge in [0.15, 0.2) is 6.23 Å². The molecule has 13 heteroatoms. The molecule has 2 atom stereocenters. The van der Waals surface area contributed by atoms with Crippen LogP contribution >= 0.6 is 23.2 Å². The molecular formula is C31H35Cl2N7O4. The highest BCUT2D eigenvalue weighted by molar-refractivity contribution is 6.35. The van der Waals surface area contributed by atoms with E-state index in [-0.39, 0.29) is 12.3 Å². The summed E-state index contributed by atoms with van der Waals surface area (Å²) in [5.41, 5.74) is 3.41. The average Bonchev–Trinajstić information content (AvgIpc) is 3.40. The summed E-state index contributed by atoms with van der Waals surface area (Å²) in [4.78, 5) is 25.7. The van der Waals surface area contributed by atoms with Gasteiger partial charge in [0.05, 0.1) is 22.7 Å². The van der Waals surface area contributed by atoms with Crippen LogP contribution in [0.2, 0.25) is 10.0 Å². The van der Waals surface area contributed by atoms with E-state index in [2.05, 4.69) is 20.2 Å². The van der Waals surface area contributed by atoms with Crippen LogP contribution in [0.15, 0.2) is 42.9 Å². The lowest BCUT2D eigenvalue weighted by atomic mass is 10.1. The number of ether oxygens (including phenoxy) is 3. The number of nitrogens with zero attached hydrogens (tertiary/aromatic N) is 6. The summed E-state index contributed by atoms with van der Waals surface area (Å²) in [6.45, 7) is 5.49. The Bertz CT molecular complexity index is 1630. The standard InChI is InChI=1S/C31H35Cl2N7O4/c1-19(28-23(32)17-34-18-24(28)33)44-21-7-8-26-22(15-21)29(37-40(26)27-6-4-5-13-43-27)20-14-25(30(42-3)35-16-20)36-31(41)39-11-9-38(2)10-12-39/h7-8,14-19,27H,4-6,9-13H2,1-3H3,(H,36,41)/t19-,27?/m1/s1. The molecule has 1 N–H and O–H groups in total. The van der Waals surface area contributed by atoms with E-state index >= 15 is 0 Å². The molecule has 0 aliphatic carbocycles. The number of urea groups is 1. The second-order valence-corrected chi connectivity index (χ2v) is 11.9. The Morgan fingerprint density at radius 3 is 2.57 bits per heavy atom. The predicted molar refractivity (Wildman–Crippen MR) is 170 cm³/mol. The fourth-order valence-corrected chi connectivity index (χ4v) is 6.33. The molecule has 4 aromatic rings. The van der Waals surface area contributed by atoms with Gasteiger partial charge in [0, 0.05) is 67.9 Å². The molecule has 0 radical (unpaired) electrons. The summed E-state index contributed by atoms with van der Waals surface area (Å²) in [6.07, 6.45) is 7.11. The number of rotatable bonds is 7. The van der Waals surface area contributed by atoms with E-state index in [1.54, 1.807) is 23.5 Å². The number of carbonyl (C=O) groups is 1. The highest BCUT2D eigenvalue weighted by Gasteiger charge is 2.25. The lowest BCUT2D eigenvalue weighted by Crippen LogP contribution is -2.48. The highest BCUT2D eigenvalue weighted by Crippen LogP contribution is 2.38. The van der Waals surface area contributed by atoms with Gasteiger partial charge >= 0.3 is 6.03 Å². The van der Waals surface area contributed by atoms with Crippen molar-refractivity contribution in [2.45, 2.75) is 38.5 Å². The summed E-state index contributed by atoms with van der Waals surface area (Å²) in [5, 5.41) is 9.76. The van der Waals surface area contributed by atoms with Crippen LogP contribution < -0.4 is 14.8 Å². The number of hydrogen-bond acceptors (Lipinski definition) is 8. The van der Waals surface area contributed by atoms with E-state index in [9.17, 15) is 4.79 Å². The number of likely N-dealkylation sites (N-methyl/N-ethyl adjacent to an activating group) is 1. The van der Waals surface area contributed by atoms with Crippen LogP contribution in [0.4, 0.5) is 10.5 Å². The molecule has 1 aromatic carbocycles. The lowest BCUT2D eigenvalue weighted by Gasteiger charge is -2.32. The van der Waals surface area contributed by atoms with Gasteiger partial charge < -0.3 is 29.3 Å². The largest absolute Gasteiger partial charge is 0.486 e. The number of pyridine rings is 2. The molecule has 11 nitrogen and oxygen atoms in total. The number of carbonyl (C=O) groups excluding carboxylic acids is 1. The van der Waals surface area contributed by atoms with Crippen LogP contribution in [-0.2, 0) is 4.74 Å². The van der Waals surface area contributed by atoms with Crippen LogP contribution in [0.1, 0.15) is 44.1 Å². The third kappa shape index (κ3) is 6.28. The van der Waals surface area contributed by atoms with Gasteiger partial charge in [0.1, 0.15) is 23.2 Å². The van der Waals surface area contributed by atoms with Crippen LogP contribution in [0.3, 0.4) is 0 Å². The first-order valence-corrected chi connectivity index (χ1v) is 15.5. The zero-order valence-corrected chi connectivity index (χ0v) is 26.4. The van der Waals surface area contributed by atoms with Gasteiger partial charge in [-0.05, 0) is 57.5 Å². The number of amides is 2. The van der Waals surface area contributed by atoms with Crippen molar-refractivity contribution in [2.75, 3.05) is 52.3 Å². The van der Waals surface area contributed by atoms with Crippen molar-refractivity contribution in [2.24, 2.45) is 0 Å². The molecule has 44 heavy (non-hydrogen) atoms. The van der Waals surface area contributed by atoms with Crippen molar-refractivity contribution in [3.8, 4) is 22.9 Å². The first kappa shape index (κ1) is 30.4. The SMILES string of the molecule is COc1ncc(-c2nn(C3CCCCO3)c3ccc(O[C@H](C)c4c(Cl)cncc4Cl)cc23)cc1NC(=O)N1CCN(C)CC1. The summed E-state index contributed by atoms with van der Waals surface area (Å²) in [7, 11) is 3.58. The maximum atomic E-state index is 13.2. The molecule has 2 saturated heterocycles. The Kier molecular flexibility index (Phi) is 9.08. The molecule has 5 heterocycles. The normalized spacial score (nSPS) is 18.3. The number of hydrogen-bond donors (Lipinski definition) is 1. The molecule has 2 fully saturated rings. The smallest absolute Gasteiger partial charge is 0.322 e. The molecule has 0 spiro atoms. The Morgan fingerprint density at radius 1 is 1.09 bits per heavy atom. The number of aromatic nitrogens is 4. The summed E-state index contributed by atoms with van der Waals surface area (Å²) < 4.78 is 19.9. The zero-order chi connectivity index (χ0) is 30.8. The van der Waals surface area contributed by atoms with Crippen molar-refractivity contribution in [1.82, 2.24) is 29.5 Å². The van der Waals surface area contributed by atoms with Gasteiger partial charge in [0.2, 0.25) is 5.88 Å². The number of anilines is 1. The van der Waals surface area contributed by atoms with Crippen molar-refractivity contribution in [3.05, 3.63) is 58.5 Å². The maximum Gasteiger partial charge on any atom is 0.322 e. The number of nitrogens with one attached hydrogen (secondary N) is 1. The third-order valence-corrected chi connectivity index (χ3v) is 8.67. The van der Waals surface area contributed by atoms with Crippen LogP contribution in [0, 0.1) is 0 Å². The molecule has 2 aliphatic heterocycles. The topological polar surface area (TPSA) is 107 Å². The summed E-state index contributed by atoms with van der Waals surface area (Å²) in [5.74, 6) is 0.934. The van der Waals surface area contributed by atoms with E-state index in [4.69, 9.17) is 42.5 Å². The van der Waals surface area contributed by atoms with Crippen molar-refractivity contribution in [3.63, 3.8) is 0 Å². The fraction of sp³-hybridized carbons (Fsp3) is 0.419. The quantitative estimate of drug-likeness (QED) is 0.247. The average molecular weight is 641 g/mol. The van der Waals surface area contributed by atoms with Crippen LogP contribution in [0.25, 0.3) is 22.2 Å². The Hall–Kier alpha value is -3.64. The van der Waals surface area contributed by atoms with Crippen LogP contribution in [-0.4, -0.2) is 82.5 Å². The number of methoxy groups -OCH3 is 1. The van der Waals surface area contributed by atoms with Gasteiger partial charge in [-0.2, -0.15) is 5.10 Å². The molecule has 2 aliphatic rings. The first-order chi connectivity index (χ1) is 21.3. The number of benzene rings is 1. The Balaban J connectivity index is 1.37. The minimum absolute atomic E-state index is 0.192. The van der Waals surface area contributed by atoms with E-state index in [0.717, 1.165) is 43.3 Å². The number of piperazine rings is 1. The van der Waals surface area contributed by atoms with E-state index in [0.29, 0.717) is 63.9 Å². The molecule has 3 aromatic heterocycles. The minimum atomic E-state index is -0.435. The fourth-order valence-electron chi connectivity index (χ4n) is 5.65. The predicted octanol–water partition coefficient (Wildman–Crippen LogP) is 6.43. The van der Waals surface area contributed by atoms with E-state index in [1.165, 1.54) is 7.11 Å². The van der Waals surface area contributed by atoms with Crippen molar-refractivity contribution < 1.29 is 19.0 Å². The monoisotopic (exact) mass is 639 g/mol. The maximum absolute atomic E-state index is 13.2.